The zero-order valence-electron chi connectivity index (χ0n) is 18.8. The predicted octanol–water partition coefficient (Wildman–Crippen LogP) is 3.55. The Labute approximate surface area is 205 Å². The summed E-state index contributed by atoms with van der Waals surface area (Å²) in [5.41, 5.74) is -4.21. The molecule has 17 heteroatoms. The highest BCUT2D eigenvalue weighted by Crippen LogP contribution is 2.37. The lowest BCUT2D eigenvalue weighted by molar-refractivity contribution is -0.141. The molecule has 0 radical (unpaired) electrons. The van der Waals surface area contributed by atoms with E-state index < -0.39 is 75.4 Å². The summed E-state index contributed by atoms with van der Waals surface area (Å²) in [5.74, 6) is -0.393. The first-order valence-electron chi connectivity index (χ1n) is 10.5. The number of alkyl halides is 7. The van der Waals surface area contributed by atoms with Crippen LogP contribution in [0.1, 0.15) is 17.7 Å². The smallest absolute Gasteiger partial charge is 0.348 e. The largest absolute Gasteiger partial charge is 0.435 e. The van der Waals surface area contributed by atoms with Crippen LogP contribution in [0, 0.1) is 0 Å². The van der Waals surface area contributed by atoms with Gasteiger partial charge in [-0.1, -0.05) is 0 Å². The van der Waals surface area contributed by atoms with Gasteiger partial charge in [-0.25, -0.2) is 32.7 Å². The summed E-state index contributed by atoms with van der Waals surface area (Å²) >= 11 is 0. The van der Waals surface area contributed by atoms with Crippen LogP contribution >= 0.6 is 0 Å². The Morgan fingerprint density at radius 3 is 2.43 bits per heavy atom. The maximum Gasteiger partial charge on any atom is 0.435 e. The highest BCUT2D eigenvalue weighted by Gasteiger charge is 2.38. The number of halogens is 7. The Bertz CT molecular complexity index is 1390. The van der Waals surface area contributed by atoms with Gasteiger partial charge in [0.1, 0.15) is 29.5 Å². The van der Waals surface area contributed by atoms with Gasteiger partial charge in [0.05, 0.1) is 18.0 Å². The Morgan fingerprint density at radius 1 is 1.08 bits per heavy atom. The van der Waals surface area contributed by atoms with E-state index in [4.69, 9.17) is 0 Å². The van der Waals surface area contributed by atoms with Crippen LogP contribution < -0.4 is 5.32 Å². The van der Waals surface area contributed by atoms with Gasteiger partial charge in [0.25, 0.3) is 0 Å². The molecule has 3 aromatic rings. The first-order chi connectivity index (χ1) is 17.1. The number of hydrogen-bond donors (Lipinski definition) is 1. The Balaban J connectivity index is 1.67. The van der Waals surface area contributed by atoms with Crippen LogP contribution in [0.3, 0.4) is 0 Å². The highest BCUT2D eigenvalue weighted by atomic mass is 32.2. The van der Waals surface area contributed by atoms with E-state index in [0.29, 0.717) is 6.20 Å². The first kappa shape index (κ1) is 26.7. The molecule has 0 amide bonds. The fraction of sp³-hybridized carbons (Fsp3) is 0.400. The molecule has 3 aromatic heterocycles. The van der Waals surface area contributed by atoms with Crippen molar-refractivity contribution >= 4 is 16.0 Å². The number of nitrogens with one attached hydrogen (secondary N) is 1. The molecule has 9 nitrogen and oxygen atoms in total. The van der Waals surface area contributed by atoms with Gasteiger partial charge in [-0.05, 0) is 18.6 Å². The SMILES string of the molecule is CS(=O)(=O)N1CC[C@H](Nc2ncc(C(F)(F)F)c(-c3cn(-c4cccnc4C(F)(F)F)cn3)n2)[C@H](F)C1. The van der Waals surface area contributed by atoms with Gasteiger partial charge in [-0.15, -0.1) is 0 Å². The lowest BCUT2D eigenvalue weighted by Gasteiger charge is -2.33. The van der Waals surface area contributed by atoms with Crippen LogP contribution in [0.2, 0.25) is 0 Å². The molecule has 1 fully saturated rings. The monoisotopic (exact) mass is 553 g/mol. The number of pyridine rings is 1. The molecule has 4 heterocycles. The van der Waals surface area contributed by atoms with Gasteiger partial charge < -0.3 is 9.88 Å². The summed E-state index contributed by atoms with van der Waals surface area (Å²) in [6.07, 6.45) is -7.37. The van der Waals surface area contributed by atoms with E-state index in [1.807, 2.05) is 0 Å². The molecule has 37 heavy (non-hydrogen) atoms. The summed E-state index contributed by atoms with van der Waals surface area (Å²) < 4.78 is 121. The molecule has 1 N–H and O–H groups in total. The van der Waals surface area contributed by atoms with Crippen LogP contribution in [0.15, 0.2) is 37.1 Å². The minimum absolute atomic E-state index is 0.0101. The Morgan fingerprint density at radius 2 is 1.81 bits per heavy atom. The van der Waals surface area contributed by atoms with Crippen LogP contribution in [0.5, 0.6) is 0 Å². The fourth-order valence-electron chi connectivity index (χ4n) is 3.76. The van der Waals surface area contributed by atoms with E-state index in [1.165, 1.54) is 6.07 Å². The number of anilines is 1. The summed E-state index contributed by atoms with van der Waals surface area (Å²) in [7, 11) is -3.63. The van der Waals surface area contributed by atoms with E-state index in [2.05, 4.69) is 25.3 Å². The van der Waals surface area contributed by atoms with Gasteiger partial charge >= 0.3 is 12.4 Å². The van der Waals surface area contributed by atoms with E-state index in [0.717, 1.165) is 39.9 Å². The molecule has 2 atom stereocenters. The summed E-state index contributed by atoms with van der Waals surface area (Å²) in [6.45, 7) is -0.484. The number of rotatable bonds is 5. The third-order valence-corrected chi connectivity index (χ3v) is 6.81. The van der Waals surface area contributed by atoms with Crippen LogP contribution in [0.25, 0.3) is 17.1 Å². The van der Waals surface area contributed by atoms with Crippen molar-refractivity contribution in [1.82, 2.24) is 28.8 Å². The second-order valence-electron chi connectivity index (χ2n) is 8.17. The Kier molecular flexibility index (Phi) is 6.87. The van der Waals surface area contributed by atoms with E-state index in [1.54, 1.807) is 0 Å². The van der Waals surface area contributed by atoms with E-state index in [9.17, 15) is 39.2 Å². The standard InChI is InChI=1S/C20H18F7N7O2S/c1-37(35,36)34-6-4-13(12(21)8-34)31-18-29-7-11(19(22,23)24)16(32-18)14-9-33(10-30-14)15-3-2-5-28-17(15)20(25,26)27/h2-3,5,7,9-10,12-13H,4,6,8H2,1H3,(H,29,31,32)/t12-,13+/m1/s1. The minimum atomic E-state index is -4.94. The number of aromatic nitrogens is 5. The van der Waals surface area contributed by atoms with Crippen molar-refractivity contribution < 1.29 is 39.2 Å². The normalized spacial score (nSPS) is 19.7. The number of nitrogens with zero attached hydrogens (tertiary/aromatic N) is 6. The molecule has 0 bridgehead atoms. The average Bonchev–Trinajstić information content (AvgIpc) is 3.28. The maximum absolute atomic E-state index is 14.6. The van der Waals surface area contributed by atoms with Crippen molar-refractivity contribution in [1.29, 1.82) is 0 Å². The quantitative estimate of drug-likeness (QED) is 0.482. The first-order valence-corrected chi connectivity index (χ1v) is 12.4. The molecule has 0 saturated carbocycles. The van der Waals surface area contributed by atoms with Crippen molar-refractivity contribution in [3.05, 3.63) is 48.3 Å². The third kappa shape index (κ3) is 5.82. The second kappa shape index (κ2) is 9.51. The van der Waals surface area contributed by atoms with Crippen LogP contribution in [-0.4, -0.2) is 68.8 Å². The van der Waals surface area contributed by atoms with E-state index in [-0.39, 0.29) is 13.0 Å². The van der Waals surface area contributed by atoms with Gasteiger partial charge in [-0.2, -0.15) is 30.6 Å². The highest BCUT2D eigenvalue weighted by molar-refractivity contribution is 7.88. The van der Waals surface area contributed by atoms with Gasteiger partial charge in [0.2, 0.25) is 16.0 Å². The number of imidazole rings is 1. The number of sulfonamides is 1. The van der Waals surface area contributed by atoms with Crippen molar-refractivity contribution in [2.75, 3.05) is 24.7 Å². The summed E-state index contributed by atoms with van der Waals surface area (Å²) in [6, 6.07) is 1.30. The van der Waals surface area contributed by atoms with Gasteiger partial charge in [0.15, 0.2) is 5.69 Å². The molecule has 1 aliphatic heterocycles. The van der Waals surface area contributed by atoms with E-state index >= 15 is 0 Å². The zero-order valence-corrected chi connectivity index (χ0v) is 19.6. The second-order valence-corrected chi connectivity index (χ2v) is 10.1. The molecule has 0 spiro atoms. The zero-order chi connectivity index (χ0) is 27.2. The predicted molar refractivity (Wildman–Crippen MR) is 116 cm³/mol. The van der Waals surface area contributed by atoms with Crippen molar-refractivity contribution in [2.45, 2.75) is 31.0 Å². The maximum atomic E-state index is 14.6. The molecule has 0 unspecified atom stereocenters. The van der Waals surface area contributed by atoms with Crippen molar-refractivity contribution in [3.63, 3.8) is 0 Å². The molecule has 0 aromatic carbocycles. The summed E-state index contributed by atoms with van der Waals surface area (Å²) in [5, 5.41) is 2.58. The van der Waals surface area contributed by atoms with Crippen LogP contribution in [-0.2, 0) is 22.4 Å². The van der Waals surface area contributed by atoms with Crippen molar-refractivity contribution in [3.8, 4) is 17.1 Å². The molecule has 1 aliphatic rings. The number of piperidine rings is 1. The molecule has 200 valence electrons. The molecule has 0 aliphatic carbocycles. The topological polar surface area (TPSA) is 106 Å². The third-order valence-electron chi connectivity index (χ3n) is 5.54. The molecule has 1 saturated heterocycles. The summed E-state index contributed by atoms with van der Waals surface area (Å²) in [4.78, 5) is 14.5. The van der Waals surface area contributed by atoms with Gasteiger partial charge in [0, 0.05) is 31.7 Å². The lowest BCUT2D eigenvalue weighted by Crippen LogP contribution is -2.49. The molecular weight excluding hydrogens is 535 g/mol. The van der Waals surface area contributed by atoms with Gasteiger partial charge in [-0.3, -0.25) is 0 Å². The van der Waals surface area contributed by atoms with Crippen LogP contribution in [0.4, 0.5) is 36.7 Å². The number of hydrogen-bond acceptors (Lipinski definition) is 7. The Hall–Kier alpha value is -3.34. The average molecular weight is 553 g/mol. The molecule has 4 rings (SSSR count). The lowest BCUT2D eigenvalue weighted by atomic mass is 10.1. The minimum Gasteiger partial charge on any atom is -0.348 e. The van der Waals surface area contributed by atoms with Crippen molar-refractivity contribution in [2.24, 2.45) is 0 Å². The fourth-order valence-corrected chi connectivity index (χ4v) is 4.61. The molecular formula is C20H18F7N7O2S.